The fourth-order valence-electron chi connectivity index (χ4n) is 2.26. The van der Waals surface area contributed by atoms with Crippen LogP contribution in [0.4, 0.5) is 4.79 Å². The molecular weight excluding hydrogens is 280 g/mol. The molecule has 0 bridgehead atoms. The van der Waals surface area contributed by atoms with Crippen molar-refractivity contribution in [3.63, 3.8) is 0 Å². The van der Waals surface area contributed by atoms with E-state index in [2.05, 4.69) is 5.32 Å². The molecular formula is C13H20N2O4S. The quantitative estimate of drug-likeness (QED) is 0.505. The van der Waals surface area contributed by atoms with Crippen LogP contribution in [0.2, 0.25) is 0 Å². The molecule has 2 aliphatic rings. The maximum atomic E-state index is 12.0. The standard InChI is InChI=1S/C13H20N2O4S/c1-14-13(18)15(5-9(7-20)8-2-3-8)12-4-10(17)11(6-16)19-12/h5,7-8,10-12,16-17H,2-4,6H2,1H3,(H,14,18)/b9-5+/t10-,11+,12+/m0/s1. The van der Waals surface area contributed by atoms with Gasteiger partial charge in [0.25, 0.3) is 0 Å². The van der Waals surface area contributed by atoms with E-state index in [1.807, 2.05) is 0 Å². The van der Waals surface area contributed by atoms with Crippen molar-refractivity contribution in [1.82, 2.24) is 10.2 Å². The third-order valence-corrected chi connectivity index (χ3v) is 3.89. The molecule has 2 rings (SSSR count). The highest BCUT2D eigenvalue weighted by molar-refractivity contribution is 7.79. The molecule has 7 heteroatoms. The summed E-state index contributed by atoms with van der Waals surface area (Å²) in [7, 11) is 1.53. The van der Waals surface area contributed by atoms with Crippen molar-refractivity contribution in [2.45, 2.75) is 37.7 Å². The molecule has 1 aliphatic heterocycles. The Morgan fingerprint density at radius 3 is 2.70 bits per heavy atom. The third-order valence-electron chi connectivity index (χ3n) is 3.62. The number of aliphatic hydroxyl groups is 2. The van der Waals surface area contributed by atoms with E-state index in [9.17, 15) is 9.90 Å². The molecule has 1 aliphatic carbocycles. The van der Waals surface area contributed by atoms with Gasteiger partial charge in [-0.3, -0.25) is 4.90 Å². The first-order valence-electron chi connectivity index (χ1n) is 6.72. The van der Waals surface area contributed by atoms with Gasteiger partial charge in [-0.2, -0.15) is 0 Å². The second-order valence-electron chi connectivity index (χ2n) is 5.10. The lowest BCUT2D eigenvalue weighted by Gasteiger charge is -2.25. The number of nitrogens with one attached hydrogen (secondary N) is 1. The van der Waals surface area contributed by atoms with Crippen molar-refractivity contribution >= 4 is 23.6 Å². The minimum atomic E-state index is -0.776. The predicted molar refractivity (Wildman–Crippen MR) is 77.1 cm³/mol. The third kappa shape index (κ3) is 3.35. The summed E-state index contributed by atoms with van der Waals surface area (Å²) in [6, 6.07) is -0.323. The van der Waals surface area contributed by atoms with Gasteiger partial charge in [0, 0.05) is 25.0 Å². The van der Waals surface area contributed by atoms with E-state index in [1.165, 1.54) is 11.9 Å². The van der Waals surface area contributed by atoms with E-state index in [0.29, 0.717) is 5.92 Å². The lowest BCUT2D eigenvalue weighted by molar-refractivity contribution is -0.0533. The zero-order valence-corrected chi connectivity index (χ0v) is 12.2. The van der Waals surface area contributed by atoms with Crippen LogP contribution in [0.3, 0.4) is 0 Å². The Labute approximate surface area is 123 Å². The van der Waals surface area contributed by atoms with Crippen LogP contribution in [-0.2, 0) is 4.74 Å². The molecule has 0 spiro atoms. The van der Waals surface area contributed by atoms with Crippen LogP contribution in [0.1, 0.15) is 19.3 Å². The molecule has 3 atom stereocenters. The largest absolute Gasteiger partial charge is 0.394 e. The molecule has 2 fully saturated rings. The van der Waals surface area contributed by atoms with E-state index in [-0.39, 0.29) is 19.1 Å². The number of urea groups is 1. The average molecular weight is 300 g/mol. The molecule has 1 saturated heterocycles. The van der Waals surface area contributed by atoms with Gasteiger partial charge < -0.3 is 20.3 Å². The molecule has 3 N–H and O–H groups in total. The number of carbonyl (C=O) groups is 1. The van der Waals surface area contributed by atoms with Crippen LogP contribution in [0.25, 0.3) is 0 Å². The molecule has 0 radical (unpaired) electrons. The summed E-state index contributed by atoms with van der Waals surface area (Å²) in [6.07, 6.45) is 2.10. The molecule has 2 amide bonds. The summed E-state index contributed by atoms with van der Waals surface area (Å²) in [6.45, 7) is -0.272. The number of thiocarbonyl (C=S) groups is 1. The first kappa shape index (κ1) is 15.4. The Hall–Kier alpha value is -1.02. The molecule has 0 unspecified atom stereocenters. The maximum absolute atomic E-state index is 12.0. The van der Waals surface area contributed by atoms with Gasteiger partial charge in [-0.05, 0) is 24.3 Å². The monoisotopic (exact) mass is 300 g/mol. The van der Waals surface area contributed by atoms with Crippen molar-refractivity contribution in [2.24, 2.45) is 5.92 Å². The summed E-state index contributed by atoms with van der Waals surface area (Å²) in [4.78, 5) is 13.4. The van der Waals surface area contributed by atoms with Crippen molar-refractivity contribution < 1.29 is 19.7 Å². The number of amides is 2. The number of ether oxygens (including phenoxy) is 1. The molecule has 1 saturated carbocycles. The van der Waals surface area contributed by atoms with Gasteiger partial charge in [-0.25, -0.2) is 4.79 Å². The van der Waals surface area contributed by atoms with Gasteiger partial charge in [0.1, 0.15) is 12.3 Å². The Balaban J connectivity index is 2.16. The first-order chi connectivity index (χ1) is 9.60. The molecule has 6 nitrogen and oxygen atoms in total. The number of hydrogen-bond donors (Lipinski definition) is 3. The van der Waals surface area contributed by atoms with Gasteiger partial charge in [0.05, 0.1) is 12.7 Å². The minimum Gasteiger partial charge on any atom is -0.394 e. The Morgan fingerprint density at radius 1 is 1.55 bits per heavy atom. The molecule has 0 aromatic carbocycles. The van der Waals surface area contributed by atoms with Gasteiger partial charge in [-0.15, -0.1) is 0 Å². The first-order valence-corrected chi connectivity index (χ1v) is 7.19. The highest BCUT2D eigenvalue weighted by atomic mass is 32.1. The van der Waals surface area contributed by atoms with E-state index >= 15 is 0 Å². The Kier molecular flexibility index (Phi) is 5.09. The zero-order chi connectivity index (χ0) is 14.7. The molecule has 112 valence electrons. The Morgan fingerprint density at radius 2 is 2.25 bits per heavy atom. The maximum Gasteiger partial charge on any atom is 0.323 e. The number of aliphatic hydroxyl groups excluding tert-OH is 2. The van der Waals surface area contributed by atoms with Crippen LogP contribution < -0.4 is 5.32 Å². The summed E-state index contributed by atoms with van der Waals surface area (Å²) >= 11 is 4.99. The van der Waals surface area contributed by atoms with Crippen LogP contribution in [0.5, 0.6) is 0 Å². The van der Waals surface area contributed by atoms with Crippen molar-refractivity contribution in [2.75, 3.05) is 13.7 Å². The summed E-state index contributed by atoms with van der Waals surface area (Å²) in [5, 5.41) is 23.0. The van der Waals surface area contributed by atoms with Crippen molar-refractivity contribution in [3.05, 3.63) is 11.8 Å². The van der Waals surface area contributed by atoms with E-state index in [0.717, 1.165) is 18.4 Å². The number of allylic oxidation sites excluding steroid dienone is 1. The molecule has 0 aromatic heterocycles. The average Bonchev–Trinajstić information content (AvgIpc) is 3.22. The summed E-state index contributed by atoms with van der Waals surface area (Å²) < 4.78 is 5.53. The summed E-state index contributed by atoms with van der Waals surface area (Å²) in [5.41, 5.74) is 0.925. The highest BCUT2D eigenvalue weighted by Crippen LogP contribution is 2.36. The van der Waals surface area contributed by atoms with Crippen LogP contribution in [-0.4, -0.2) is 58.6 Å². The molecule has 0 aromatic rings. The van der Waals surface area contributed by atoms with Gasteiger partial charge in [0.2, 0.25) is 0 Å². The minimum absolute atomic E-state index is 0.268. The van der Waals surface area contributed by atoms with E-state index < -0.39 is 18.4 Å². The van der Waals surface area contributed by atoms with Crippen LogP contribution >= 0.6 is 12.2 Å². The van der Waals surface area contributed by atoms with Crippen LogP contribution in [0, 0.1) is 5.92 Å². The van der Waals surface area contributed by atoms with Gasteiger partial charge in [0.15, 0.2) is 0 Å². The fraction of sp³-hybridized carbons (Fsp3) is 0.692. The lowest BCUT2D eigenvalue weighted by atomic mass is 10.2. The second-order valence-corrected chi connectivity index (χ2v) is 5.33. The lowest BCUT2D eigenvalue weighted by Crippen LogP contribution is -2.42. The number of rotatable bonds is 5. The normalized spacial score (nSPS) is 30.1. The number of hydrogen-bond acceptors (Lipinski definition) is 5. The fourth-order valence-corrected chi connectivity index (χ4v) is 2.51. The van der Waals surface area contributed by atoms with E-state index in [1.54, 1.807) is 11.6 Å². The highest BCUT2D eigenvalue weighted by Gasteiger charge is 2.38. The van der Waals surface area contributed by atoms with E-state index in [4.69, 9.17) is 22.1 Å². The van der Waals surface area contributed by atoms with Crippen molar-refractivity contribution in [3.8, 4) is 0 Å². The van der Waals surface area contributed by atoms with Crippen LogP contribution in [0.15, 0.2) is 11.8 Å². The number of carbonyl (C=O) groups excluding carboxylic acids is 1. The van der Waals surface area contributed by atoms with Gasteiger partial charge in [-0.1, -0.05) is 12.2 Å². The SMILES string of the molecule is CNC(=O)N(/C=C(\C=S)C1CC1)[C@H]1C[C@H](O)[C@@H](CO)O1. The zero-order valence-electron chi connectivity index (χ0n) is 11.4. The van der Waals surface area contributed by atoms with Gasteiger partial charge >= 0.3 is 6.03 Å². The van der Waals surface area contributed by atoms with Crippen molar-refractivity contribution in [1.29, 1.82) is 0 Å². The number of nitrogens with zero attached hydrogens (tertiary/aromatic N) is 1. The molecule has 20 heavy (non-hydrogen) atoms. The summed E-state index contributed by atoms with van der Waals surface area (Å²) in [5.74, 6) is 0.416. The Bertz CT molecular complexity index is 411. The molecule has 1 heterocycles. The predicted octanol–water partition coefficient (Wildman–Crippen LogP) is 0.390. The smallest absolute Gasteiger partial charge is 0.323 e. The second kappa shape index (κ2) is 6.62. The topological polar surface area (TPSA) is 82.0 Å².